The van der Waals surface area contributed by atoms with Gasteiger partial charge in [-0.2, -0.15) is 5.10 Å². The van der Waals surface area contributed by atoms with Crippen molar-refractivity contribution >= 4 is 27.5 Å². The van der Waals surface area contributed by atoms with Crippen molar-refractivity contribution in [1.29, 1.82) is 0 Å². The Morgan fingerprint density at radius 1 is 1.44 bits per heavy atom. The Labute approximate surface area is 120 Å². The molecule has 0 bridgehead atoms. The van der Waals surface area contributed by atoms with Crippen molar-refractivity contribution < 1.29 is 4.74 Å². The van der Waals surface area contributed by atoms with Gasteiger partial charge in [0.25, 0.3) is 0 Å². The Kier molecular flexibility index (Phi) is 4.66. The van der Waals surface area contributed by atoms with E-state index in [4.69, 9.17) is 16.3 Å². The van der Waals surface area contributed by atoms with E-state index in [-0.39, 0.29) is 0 Å². The quantitative estimate of drug-likeness (QED) is 0.831. The van der Waals surface area contributed by atoms with Gasteiger partial charge in [-0.25, -0.2) is 0 Å². The first-order valence-corrected chi connectivity index (χ1v) is 6.95. The summed E-state index contributed by atoms with van der Waals surface area (Å²) in [6.07, 6.45) is 4.59. The Bertz CT molecular complexity index is 527. The van der Waals surface area contributed by atoms with Crippen LogP contribution in [0.5, 0.6) is 5.75 Å². The largest absolute Gasteiger partial charge is 0.492 e. The lowest BCUT2D eigenvalue weighted by molar-refractivity contribution is 0.291. The smallest absolute Gasteiger partial charge is 0.119 e. The number of benzene rings is 1. The van der Waals surface area contributed by atoms with Gasteiger partial charge in [-0.15, -0.1) is 0 Å². The first kappa shape index (κ1) is 13.4. The van der Waals surface area contributed by atoms with E-state index >= 15 is 0 Å². The molecule has 18 heavy (non-hydrogen) atoms. The predicted octanol–water partition coefficient (Wildman–Crippen LogP) is 3.94. The maximum absolute atomic E-state index is 6.05. The lowest BCUT2D eigenvalue weighted by Crippen LogP contribution is -2.08. The van der Waals surface area contributed by atoms with Crippen LogP contribution in [0.2, 0.25) is 5.02 Å². The molecular formula is C13H14BrClN2O. The number of aromatic nitrogens is 2. The Morgan fingerprint density at radius 3 is 2.94 bits per heavy atom. The molecule has 3 nitrogen and oxygen atoms in total. The molecule has 0 aliphatic carbocycles. The molecule has 96 valence electrons. The zero-order valence-electron chi connectivity index (χ0n) is 10.1. The van der Waals surface area contributed by atoms with Crippen LogP contribution >= 0.6 is 27.5 Å². The molecule has 5 heteroatoms. The molecule has 0 N–H and O–H groups in total. The highest BCUT2D eigenvalue weighted by Gasteiger charge is 2.01. The second-order valence-electron chi connectivity index (χ2n) is 3.88. The second kappa shape index (κ2) is 6.25. The first-order valence-electron chi connectivity index (χ1n) is 5.78. The van der Waals surface area contributed by atoms with E-state index in [1.54, 1.807) is 6.20 Å². The van der Waals surface area contributed by atoms with E-state index in [0.29, 0.717) is 6.61 Å². The van der Waals surface area contributed by atoms with Crippen molar-refractivity contribution in [3.63, 3.8) is 0 Å². The van der Waals surface area contributed by atoms with Gasteiger partial charge in [-0.3, -0.25) is 4.68 Å². The van der Waals surface area contributed by atoms with Crippen LogP contribution in [0.4, 0.5) is 0 Å². The van der Waals surface area contributed by atoms with Crippen molar-refractivity contribution in [2.45, 2.75) is 19.9 Å². The maximum atomic E-state index is 6.05. The molecule has 0 fully saturated rings. The Hall–Kier alpha value is -1.00. The molecular weight excluding hydrogens is 316 g/mol. The fourth-order valence-corrected chi connectivity index (χ4v) is 2.21. The van der Waals surface area contributed by atoms with E-state index in [9.17, 15) is 0 Å². The van der Waals surface area contributed by atoms with Crippen molar-refractivity contribution in [1.82, 2.24) is 9.78 Å². The van der Waals surface area contributed by atoms with Gasteiger partial charge in [-0.05, 0) is 46.1 Å². The van der Waals surface area contributed by atoms with Crippen molar-refractivity contribution in [2.24, 2.45) is 0 Å². The van der Waals surface area contributed by atoms with Crippen LogP contribution in [0.15, 0.2) is 35.1 Å². The van der Waals surface area contributed by atoms with Crippen LogP contribution in [-0.2, 0) is 13.0 Å². The molecule has 0 saturated heterocycles. The number of hydrogen-bond acceptors (Lipinski definition) is 2. The molecule has 0 atom stereocenters. The van der Waals surface area contributed by atoms with E-state index in [1.165, 1.54) is 0 Å². The number of aryl methyl sites for hydroxylation is 1. The lowest BCUT2D eigenvalue weighted by Gasteiger charge is -2.08. The molecule has 2 aromatic rings. The van der Waals surface area contributed by atoms with Crippen LogP contribution in [0.3, 0.4) is 0 Å². The predicted molar refractivity (Wildman–Crippen MR) is 76.3 cm³/mol. The van der Waals surface area contributed by atoms with Crippen LogP contribution in [0, 0.1) is 0 Å². The summed E-state index contributed by atoms with van der Waals surface area (Å²) >= 11 is 9.41. The molecule has 1 aromatic heterocycles. The highest BCUT2D eigenvalue weighted by atomic mass is 79.9. The molecule has 0 amide bonds. The zero-order valence-corrected chi connectivity index (χ0v) is 12.4. The third-order valence-electron chi connectivity index (χ3n) is 2.59. The highest BCUT2D eigenvalue weighted by molar-refractivity contribution is 9.10. The molecule has 0 aliphatic rings. The number of ether oxygens (including phenoxy) is 1. The van der Waals surface area contributed by atoms with Crippen LogP contribution in [0.25, 0.3) is 0 Å². The SMILES string of the molecule is CCc1cc(OCCn2cc(Br)cn2)ccc1Cl. The van der Waals surface area contributed by atoms with E-state index in [0.717, 1.165) is 33.8 Å². The van der Waals surface area contributed by atoms with Crippen molar-refractivity contribution in [3.8, 4) is 5.75 Å². The number of halogens is 2. The summed E-state index contributed by atoms with van der Waals surface area (Å²) in [5, 5.41) is 4.96. The third kappa shape index (κ3) is 3.50. The molecule has 2 rings (SSSR count). The summed E-state index contributed by atoms with van der Waals surface area (Å²) in [5.74, 6) is 0.850. The van der Waals surface area contributed by atoms with Crippen LogP contribution in [-0.4, -0.2) is 16.4 Å². The molecule has 1 aromatic carbocycles. The average Bonchev–Trinajstić information content (AvgIpc) is 2.77. The summed E-state index contributed by atoms with van der Waals surface area (Å²) in [6, 6.07) is 5.75. The fourth-order valence-electron chi connectivity index (χ4n) is 1.63. The molecule has 0 aliphatic heterocycles. The topological polar surface area (TPSA) is 27.1 Å². The summed E-state index contributed by atoms with van der Waals surface area (Å²) in [4.78, 5) is 0. The van der Waals surface area contributed by atoms with Crippen molar-refractivity contribution in [2.75, 3.05) is 6.61 Å². The van der Waals surface area contributed by atoms with Gasteiger partial charge in [0, 0.05) is 11.2 Å². The van der Waals surface area contributed by atoms with Gasteiger partial charge in [0.1, 0.15) is 12.4 Å². The van der Waals surface area contributed by atoms with Crippen molar-refractivity contribution in [3.05, 3.63) is 45.7 Å². The minimum Gasteiger partial charge on any atom is -0.492 e. The fraction of sp³-hybridized carbons (Fsp3) is 0.308. The normalized spacial score (nSPS) is 10.6. The molecule has 1 heterocycles. The van der Waals surface area contributed by atoms with E-state index in [2.05, 4.69) is 28.0 Å². The maximum Gasteiger partial charge on any atom is 0.119 e. The highest BCUT2D eigenvalue weighted by Crippen LogP contribution is 2.22. The summed E-state index contributed by atoms with van der Waals surface area (Å²) < 4.78 is 8.49. The van der Waals surface area contributed by atoms with Gasteiger partial charge in [0.05, 0.1) is 17.2 Å². The third-order valence-corrected chi connectivity index (χ3v) is 3.37. The van der Waals surface area contributed by atoms with Gasteiger partial charge < -0.3 is 4.74 Å². The average molecular weight is 330 g/mol. The monoisotopic (exact) mass is 328 g/mol. The summed E-state index contributed by atoms with van der Waals surface area (Å²) in [6.45, 7) is 3.38. The molecule has 0 radical (unpaired) electrons. The zero-order chi connectivity index (χ0) is 13.0. The summed E-state index contributed by atoms with van der Waals surface area (Å²) in [5.41, 5.74) is 1.11. The second-order valence-corrected chi connectivity index (χ2v) is 5.20. The van der Waals surface area contributed by atoms with Gasteiger partial charge in [0.2, 0.25) is 0 Å². The Morgan fingerprint density at radius 2 is 2.28 bits per heavy atom. The lowest BCUT2D eigenvalue weighted by atomic mass is 10.1. The van der Waals surface area contributed by atoms with Crippen LogP contribution < -0.4 is 4.74 Å². The summed E-state index contributed by atoms with van der Waals surface area (Å²) in [7, 11) is 0. The molecule has 0 spiro atoms. The Balaban J connectivity index is 1.90. The number of nitrogens with zero attached hydrogens (tertiary/aromatic N) is 2. The van der Waals surface area contributed by atoms with E-state index in [1.807, 2.05) is 29.1 Å². The molecule has 0 saturated carbocycles. The minimum atomic E-state index is 0.582. The number of rotatable bonds is 5. The van der Waals surface area contributed by atoms with E-state index < -0.39 is 0 Å². The molecule has 0 unspecified atom stereocenters. The van der Waals surface area contributed by atoms with Gasteiger partial charge in [0.15, 0.2) is 0 Å². The standard InChI is InChI=1S/C13H14BrClN2O/c1-2-10-7-12(3-4-13(10)15)18-6-5-17-9-11(14)8-16-17/h3-4,7-9H,2,5-6H2,1H3. The van der Waals surface area contributed by atoms with Gasteiger partial charge in [-0.1, -0.05) is 18.5 Å². The van der Waals surface area contributed by atoms with Gasteiger partial charge >= 0.3 is 0 Å². The first-order chi connectivity index (χ1) is 8.69. The number of hydrogen-bond donors (Lipinski definition) is 0. The van der Waals surface area contributed by atoms with Crippen LogP contribution in [0.1, 0.15) is 12.5 Å². The minimum absolute atomic E-state index is 0.582.